The molecule has 1 unspecified atom stereocenters. The summed E-state index contributed by atoms with van der Waals surface area (Å²) in [5.74, 6) is 0.145. The van der Waals surface area contributed by atoms with E-state index in [9.17, 15) is 18.0 Å². The van der Waals surface area contributed by atoms with E-state index in [0.29, 0.717) is 31.0 Å². The molecule has 1 fully saturated rings. The molecular weight excluding hydrogens is 449 g/mol. The number of piperidine rings is 1. The minimum absolute atomic E-state index is 0.0226. The van der Waals surface area contributed by atoms with Crippen LogP contribution in [0.5, 0.6) is 11.5 Å². The van der Waals surface area contributed by atoms with Crippen LogP contribution in [0.3, 0.4) is 0 Å². The molecule has 2 aromatic carbocycles. The second-order valence-corrected chi connectivity index (χ2v) is 7.82. The Morgan fingerprint density at radius 3 is 2.50 bits per heavy atom. The Kier molecular flexibility index (Phi) is 6.85. The van der Waals surface area contributed by atoms with E-state index in [1.54, 1.807) is 7.11 Å². The van der Waals surface area contributed by atoms with E-state index in [1.807, 2.05) is 41.3 Å². The van der Waals surface area contributed by atoms with Crippen LogP contribution in [0.25, 0.3) is 11.3 Å². The number of halogens is 3. The Hall–Kier alpha value is -3.82. The molecule has 0 spiro atoms. The first kappa shape index (κ1) is 23.3. The van der Waals surface area contributed by atoms with E-state index < -0.39 is 18.0 Å². The average Bonchev–Trinajstić information content (AvgIpc) is 2.84. The van der Waals surface area contributed by atoms with Crippen molar-refractivity contribution in [2.24, 2.45) is 5.92 Å². The fraction of sp³-hybridized carbons (Fsp3) is 0.292. The van der Waals surface area contributed by atoms with Crippen LogP contribution in [-0.4, -0.2) is 42.7 Å². The normalized spacial score (nSPS) is 16.1. The summed E-state index contributed by atoms with van der Waals surface area (Å²) < 4.78 is 47.2. The number of anilines is 2. The molecule has 1 N–H and O–H groups in total. The zero-order valence-corrected chi connectivity index (χ0v) is 18.4. The third-order valence-electron chi connectivity index (χ3n) is 5.52. The van der Waals surface area contributed by atoms with Gasteiger partial charge in [-0.2, -0.15) is 0 Å². The molecule has 1 amide bonds. The van der Waals surface area contributed by atoms with E-state index >= 15 is 0 Å². The van der Waals surface area contributed by atoms with Crippen LogP contribution in [0.1, 0.15) is 12.8 Å². The highest BCUT2D eigenvalue weighted by molar-refractivity contribution is 5.94. The number of rotatable bonds is 6. The van der Waals surface area contributed by atoms with E-state index in [4.69, 9.17) is 4.74 Å². The molecule has 0 saturated carbocycles. The highest BCUT2D eigenvalue weighted by atomic mass is 19.4. The van der Waals surface area contributed by atoms with Gasteiger partial charge in [0.25, 0.3) is 0 Å². The third kappa shape index (κ3) is 5.75. The Morgan fingerprint density at radius 2 is 1.82 bits per heavy atom. The Morgan fingerprint density at radius 1 is 1.06 bits per heavy atom. The number of carbonyl (C=O) groups is 1. The minimum Gasteiger partial charge on any atom is -0.497 e. The third-order valence-corrected chi connectivity index (χ3v) is 5.52. The summed E-state index contributed by atoms with van der Waals surface area (Å²) in [5, 5.41) is 11.2. The summed E-state index contributed by atoms with van der Waals surface area (Å²) in [7, 11) is 1.60. The Balaban J connectivity index is 1.42. The van der Waals surface area contributed by atoms with Gasteiger partial charge in [-0.1, -0.05) is 12.1 Å². The van der Waals surface area contributed by atoms with Gasteiger partial charge in [0.05, 0.1) is 24.4 Å². The summed E-state index contributed by atoms with van der Waals surface area (Å²) in [6, 6.07) is 16.7. The number of benzene rings is 2. The van der Waals surface area contributed by atoms with Crippen molar-refractivity contribution in [3.63, 3.8) is 0 Å². The van der Waals surface area contributed by atoms with E-state index in [0.717, 1.165) is 23.8 Å². The zero-order chi connectivity index (χ0) is 24.1. The molecule has 178 valence electrons. The lowest BCUT2D eigenvalue weighted by Gasteiger charge is -2.32. The SMILES string of the molecule is COc1ccc(-c2ccc(N3CCCC(C(=O)Nc4ccccc4OC(F)(F)F)C3)nn2)cc1. The molecule has 0 aliphatic carbocycles. The standard InChI is InChI=1S/C24H23F3N4O3/c1-33-18-10-8-16(9-11-18)19-12-13-22(30-29-19)31-14-4-5-17(15-31)23(32)28-20-6-2-3-7-21(20)34-24(25,26)27/h2-3,6-13,17H,4-5,14-15H2,1H3,(H,28,32). The van der Waals surface area contributed by atoms with Gasteiger partial charge in [-0.15, -0.1) is 23.4 Å². The first-order valence-corrected chi connectivity index (χ1v) is 10.7. The number of nitrogens with one attached hydrogen (secondary N) is 1. The van der Waals surface area contributed by atoms with Crippen molar-refractivity contribution in [2.75, 3.05) is 30.4 Å². The number of ether oxygens (including phenoxy) is 2. The van der Waals surface area contributed by atoms with Crippen LogP contribution in [0.15, 0.2) is 60.7 Å². The number of nitrogens with zero attached hydrogens (tertiary/aromatic N) is 3. The van der Waals surface area contributed by atoms with Gasteiger partial charge in [0, 0.05) is 18.7 Å². The largest absolute Gasteiger partial charge is 0.573 e. The lowest BCUT2D eigenvalue weighted by atomic mass is 9.97. The molecule has 1 atom stereocenters. The fourth-order valence-corrected chi connectivity index (χ4v) is 3.83. The molecule has 1 aliphatic rings. The van der Waals surface area contributed by atoms with Gasteiger partial charge in [-0.05, 0) is 61.4 Å². The predicted molar refractivity (Wildman–Crippen MR) is 121 cm³/mol. The number of amides is 1. The maximum absolute atomic E-state index is 12.8. The molecule has 4 rings (SSSR count). The summed E-state index contributed by atoms with van der Waals surface area (Å²) in [6.07, 6.45) is -3.50. The van der Waals surface area contributed by atoms with Crippen molar-refractivity contribution in [2.45, 2.75) is 19.2 Å². The van der Waals surface area contributed by atoms with Crippen LogP contribution in [-0.2, 0) is 4.79 Å². The number of hydrogen-bond acceptors (Lipinski definition) is 6. The van der Waals surface area contributed by atoms with Gasteiger partial charge in [0.1, 0.15) is 5.75 Å². The van der Waals surface area contributed by atoms with Gasteiger partial charge in [0.15, 0.2) is 11.6 Å². The second-order valence-electron chi connectivity index (χ2n) is 7.82. The van der Waals surface area contributed by atoms with Crippen molar-refractivity contribution < 1.29 is 27.4 Å². The molecule has 10 heteroatoms. The Labute approximate surface area is 194 Å². The molecule has 3 aromatic rings. The number of hydrogen-bond donors (Lipinski definition) is 1. The van der Waals surface area contributed by atoms with Crippen molar-refractivity contribution >= 4 is 17.4 Å². The van der Waals surface area contributed by atoms with Gasteiger partial charge < -0.3 is 19.7 Å². The Bertz CT molecular complexity index is 1120. The smallest absolute Gasteiger partial charge is 0.497 e. The van der Waals surface area contributed by atoms with Gasteiger partial charge in [-0.25, -0.2) is 0 Å². The summed E-state index contributed by atoms with van der Waals surface area (Å²) in [6.45, 7) is 1.08. The van der Waals surface area contributed by atoms with Crippen LogP contribution >= 0.6 is 0 Å². The molecule has 1 aromatic heterocycles. The van der Waals surface area contributed by atoms with E-state index in [2.05, 4.69) is 20.3 Å². The minimum atomic E-state index is -4.85. The number of alkyl halides is 3. The van der Waals surface area contributed by atoms with Crippen molar-refractivity contribution in [1.29, 1.82) is 0 Å². The van der Waals surface area contributed by atoms with Gasteiger partial charge >= 0.3 is 6.36 Å². The lowest BCUT2D eigenvalue weighted by molar-refractivity contribution is -0.274. The quantitative estimate of drug-likeness (QED) is 0.550. The van der Waals surface area contributed by atoms with Gasteiger partial charge in [-0.3, -0.25) is 4.79 Å². The van der Waals surface area contributed by atoms with Crippen LogP contribution in [0.2, 0.25) is 0 Å². The molecule has 1 aliphatic heterocycles. The molecule has 2 heterocycles. The van der Waals surface area contributed by atoms with Crippen LogP contribution in [0, 0.1) is 5.92 Å². The lowest BCUT2D eigenvalue weighted by Crippen LogP contribution is -2.41. The second kappa shape index (κ2) is 9.98. The molecule has 34 heavy (non-hydrogen) atoms. The van der Waals surface area contributed by atoms with E-state index in [1.165, 1.54) is 18.2 Å². The average molecular weight is 472 g/mol. The summed E-state index contributed by atoms with van der Waals surface area (Å²) >= 11 is 0. The molecule has 0 bridgehead atoms. The highest BCUT2D eigenvalue weighted by Crippen LogP contribution is 2.31. The van der Waals surface area contributed by atoms with Crippen molar-refractivity contribution in [3.8, 4) is 22.8 Å². The summed E-state index contributed by atoms with van der Waals surface area (Å²) in [5.41, 5.74) is 1.58. The number of methoxy groups -OCH3 is 1. The van der Waals surface area contributed by atoms with Crippen molar-refractivity contribution in [3.05, 3.63) is 60.7 Å². The highest BCUT2D eigenvalue weighted by Gasteiger charge is 2.33. The molecular formula is C24H23F3N4O3. The monoisotopic (exact) mass is 472 g/mol. The summed E-state index contributed by atoms with van der Waals surface area (Å²) in [4.78, 5) is 14.8. The van der Waals surface area contributed by atoms with Crippen molar-refractivity contribution in [1.82, 2.24) is 10.2 Å². The van der Waals surface area contributed by atoms with E-state index in [-0.39, 0.29) is 11.6 Å². The zero-order valence-electron chi connectivity index (χ0n) is 18.4. The number of carbonyl (C=O) groups excluding carboxylic acids is 1. The topological polar surface area (TPSA) is 76.6 Å². The molecule has 7 nitrogen and oxygen atoms in total. The predicted octanol–water partition coefficient (Wildman–Crippen LogP) is 4.91. The first-order valence-electron chi connectivity index (χ1n) is 10.7. The fourth-order valence-electron chi connectivity index (χ4n) is 3.83. The maximum atomic E-state index is 12.8. The molecule has 1 saturated heterocycles. The molecule has 0 radical (unpaired) electrons. The van der Waals surface area contributed by atoms with Gasteiger partial charge in [0.2, 0.25) is 5.91 Å². The van der Waals surface area contributed by atoms with Crippen LogP contribution < -0.4 is 19.7 Å². The first-order chi connectivity index (χ1) is 16.3. The van der Waals surface area contributed by atoms with Crippen LogP contribution in [0.4, 0.5) is 24.7 Å². The maximum Gasteiger partial charge on any atom is 0.573 e. The number of aromatic nitrogens is 2. The number of para-hydroxylation sites is 2.